The summed E-state index contributed by atoms with van der Waals surface area (Å²) in [6.45, 7) is 0. The van der Waals surface area contributed by atoms with E-state index in [1.54, 1.807) is 0 Å². The van der Waals surface area contributed by atoms with Gasteiger partial charge in [-0.25, -0.2) is 0 Å². The standard InChI is InChI=1S/Cm.3NO3/c;3*2-1(3)4/q;3*-1/i1-3;;;. The third kappa shape index (κ3) is 32.4. The summed E-state index contributed by atoms with van der Waals surface area (Å²) >= 11 is 0. The monoisotopic (exact) mass is 430 g/mol. The van der Waals surface area contributed by atoms with Crippen LogP contribution in [0.2, 0.25) is 0 Å². The Hall–Kier alpha value is -3.40. The van der Waals surface area contributed by atoms with Crippen molar-refractivity contribution in [1.29, 1.82) is 0 Å². The Kier molecular flexibility index (Phi) is 27.6. The number of rotatable bonds is 0. The Bertz CT molecular complexity index is 112. The molecule has 0 bridgehead atoms. The van der Waals surface area contributed by atoms with E-state index < -0.39 is 15.3 Å². The third-order valence-electron chi connectivity index (χ3n) is 0. The molecule has 0 fully saturated rings. The van der Waals surface area contributed by atoms with Gasteiger partial charge in [0.1, 0.15) is 0 Å². The molecule has 0 aliphatic carbocycles. The molecule has 0 radical (unpaired) electrons. The zero-order valence-electron chi connectivity index (χ0n) is 5.37. The van der Waals surface area contributed by atoms with Crippen molar-refractivity contribution in [1.82, 2.24) is 0 Å². The van der Waals surface area contributed by atoms with Crippen molar-refractivity contribution in [2.45, 2.75) is 0 Å². The summed E-state index contributed by atoms with van der Waals surface area (Å²) in [5.74, 6) is 0. The van der Waals surface area contributed by atoms with Gasteiger partial charge in [0, 0.05) is 0 Å². The molecule has 0 heterocycles. The molecule has 0 amide bonds. The first-order valence-corrected chi connectivity index (χ1v) is 1.64. The summed E-state index contributed by atoms with van der Waals surface area (Å²) in [5.41, 5.74) is 0. The minimum atomic E-state index is -1.75. The van der Waals surface area contributed by atoms with Gasteiger partial charge in [0.05, 0.1) is 15.3 Å². The largest absolute Gasteiger partial charge is 0.356 e. The van der Waals surface area contributed by atoms with Gasteiger partial charge in [-0.1, -0.05) is 0 Å². The average molecular weight is 430 g/mol. The van der Waals surface area contributed by atoms with Crippen molar-refractivity contribution in [3.63, 3.8) is 0 Å². The third-order valence-corrected chi connectivity index (χ3v) is 0. The van der Waals surface area contributed by atoms with E-state index in [1.807, 2.05) is 0 Å². The molecule has 0 aromatic carbocycles. The zero-order valence-corrected chi connectivity index (χ0v) is 8.31. The van der Waals surface area contributed by atoms with Crippen LogP contribution in [0.4, 0.5) is 0 Å². The molecule has 13 heavy (non-hydrogen) atoms. The Morgan fingerprint density at radius 2 is 0.538 bits per heavy atom. The van der Waals surface area contributed by atoms with Gasteiger partial charge in [0.15, 0.2) is 0 Å². The molecule has 80 valence electrons. The van der Waals surface area contributed by atoms with Crippen LogP contribution >= 0.6 is 0 Å². The second-order valence-corrected chi connectivity index (χ2v) is 0.671. The molecule has 0 aromatic rings. The van der Waals surface area contributed by atoms with Gasteiger partial charge in [0.25, 0.3) is 0 Å². The minimum absolute atomic E-state index is 0. The van der Waals surface area contributed by atoms with Gasteiger partial charge in [-0.3, -0.25) is 0 Å². The molecule has 13 heteroatoms. The predicted octanol–water partition coefficient (Wildman–Crippen LogP) is -0.717. The van der Waals surface area contributed by atoms with Crippen molar-refractivity contribution in [3.8, 4) is 0 Å². The second-order valence-electron chi connectivity index (χ2n) is 0.671. The van der Waals surface area contributed by atoms with Crippen LogP contribution in [0.15, 0.2) is 0 Å². The molecule has 12 nitrogen and oxygen atoms in total. The fourth-order valence-electron chi connectivity index (χ4n) is 0. The van der Waals surface area contributed by atoms with Crippen LogP contribution in [0.1, 0.15) is 0 Å². The number of hydrogen-bond acceptors (Lipinski definition) is 9. The van der Waals surface area contributed by atoms with E-state index in [4.69, 9.17) is 46.0 Å². The minimum Gasteiger partial charge on any atom is -0.356 e. The van der Waals surface area contributed by atoms with Gasteiger partial charge in [-0.15, -0.1) is 0 Å². The van der Waals surface area contributed by atoms with E-state index in [9.17, 15) is 0 Å². The van der Waals surface area contributed by atoms with Crippen LogP contribution in [0.3, 0.4) is 0 Å². The molecule has 0 N–H and O–H groups in total. The first-order chi connectivity index (χ1) is 5.20. The van der Waals surface area contributed by atoms with Gasteiger partial charge >= 0.3 is 0 Å². The number of hydrogen-bond donors (Lipinski definition) is 0. The molecular formula is CmN3O9-3. The SMILES string of the molecule is O=[N+]([O-])[O-].O=[N+]([O-])[O-].O=[N+]([O-])[O-].[244Cm]. The van der Waals surface area contributed by atoms with E-state index in [1.165, 1.54) is 0 Å². The number of nitrogens with zero attached hydrogens (tertiary/aromatic N) is 3. The fraction of sp³-hybridized carbons (Fsp3) is 0. The topological polar surface area (TPSA) is 199 Å². The molecule has 0 spiro atoms. The summed E-state index contributed by atoms with van der Waals surface area (Å²) in [5, 5.41) is 44.2. The van der Waals surface area contributed by atoms with Crippen molar-refractivity contribution >= 4 is 0 Å². The quantitative estimate of drug-likeness (QED) is 0.351. The summed E-state index contributed by atoms with van der Waals surface area (Å²) < 4.78 is 0. The molecule has 0 aliphatic rings. The normalized spacial score (nSPS) is 5.54. The molecule has 0 rings (SSSR count). The molecule has 0 unspecified atom stereocenters. The van der Waals surface area contributed by atoms with Crippen molar-refractivity contribution in [2.24, 2.45) is 0 Å². The first kappa shape index (κ1) is 22.6. The summed E-state index contributed by atoms with van der Waals surface area (Å²) in [6.07, 6.45) is 0. The molecule has 0 aliphatic heterocycles. The van der Waals surface area contributed by atoms with Crippen molar-refractivity contribution < 1.29 is 15.3 Å². The summed E-state index contributed by atoms with van der Waals surface area (Å²) in [7, 11) is 0. The van der Waals surface area contributed by atoms with Gasteiger partial charge < -0.3 is 46.0 Å². The zero-order chi connectivity index (χ0) is 10.7. The average Bonchev–Trinajstić information content (AvgIpc) is 1.54. The summed E-state index contributed by atoms with van der Waals surface area (Å²) in [6, 6.07) is 0. The molecular weight excluding hydrogens is 430 g/mol. The van der Waals surface area contributed by atoms with E-state index in [2.05, 4.69) is 0 Å². The maximum atomic E-state index is 8.25. The summed E-state index contributed by atoms with van der Waals surface area (Å²) in [4.78, 5) is 24.8. The van der Waals surface area contributed by atoms with Crippen LogP contribution in [0.5, 0.6) is 0 Å². The second kappa shape index (κ2) is 15.8. The molecule has 0 saturated carbocycles. The van der Waals surface area contributed by atoms with Crippen LogP contribution < -0.4 is 0 Å². The smallest absolute Gasteiger partial charge is 0.0689 e. The van der Waals surface area contributed by atoms with Crippen molar-refractivity contribution in [2.75, 3.05) is 0 Å². The van der Waals surface area contributed by atoms with Crippen LogP contribution in [0.25, 0.3) is 0 Å². The maximum Gasteiger partial charge on any atom is 0.0689 e. The van der Waals surface area contributed by atoms with E-state index in [-0.39, 0.29) is 0 Å². The Labute approximate surface area is 62.6 Å². The first-order valence-electron chi connectivity index (χ1n) is 1.64. The molecule has 0 aromatic heterocycles. The van der Waals surface area contributed by atoms with E-state index in [0.717, 1.165) is 0 Å². The molecule has 0 atom stereocenters. The van der Waals surface area contributed by atoms with Crippen LogP contribution in [-0.4, -0.2) is 15.3 Å². The Morgan fingerprint density at radius 1 is 0.538 bits per heavy atom. The van der Waals surface area contributed by atoms with Crippen LogP contribution in [0, 0.1) is 46.0 Å². The Balaban J connectivity index is -0.0000000450. The molecule has 0 saturated heterocycles. The van der Waals surface area contributed by atoms with Gasteiger partial charge in [-0.05, 0) is 0 Å². The van der Waals surface area contributed by atoms with Gasteiger partial charge in [0.2, 0.25) is 0 Å². The Morgan fingerprint density at radius 3 is 0.538 bits per heavy atom. The van der Waals surface area contributed by atoms with Crippen molar-refractivity contribution in [3.05, 3.63) is 46.0 Å². The maximum absolute atomic E-state index is 8.25. The van der Waals surface area contributed by atoms with Gasteiger partial charge in [-0.2, -0.15) is 0 Å². The fourth-order valence-corrected chi connectivity index (χ4v) is 0. The predicted molar refractivity (Wildman–Crippen MR) is 31.1 cm³/mol. The van der Waals surface area contributed by atoms with Crippen LogP contribution in [-0.2, 0) is 0 Å². The van der Waals surface area contributed by atoms with E-state index >= 15 is 0 Å². The van der Waals surface area contributed by atoms with E-state index in [0.29, 0.717) is 0 Å².